The van der Waals surface area contributed by atoms with E-state index >= 15 is 0 Å². The minimum Gasteiger partial charge on any atom is -0.352 e. The number of aryl methyl sites for hydroxylation is 2. The highest BCUT2D eigenvalue weighted by Gasteiger charge is 2.02. The first-order valence-electron chi connectivity index (χ1n) is 6.71. The summed E-state index contributed by atoms with van der Waals surface area (Å²) in [6.07, 6.45) is 4.94. The highest BCUT2D eigenvalue weighted by molar-refractivity contribution is 7.11. The SMILES string of the molecule is CCc1ccc(CNC(=NC)NCc2cnn(C)c2)s1. The Hall–Kier alpha value is -1.82. The molecule has 0 aliphatic rings. The predicted octanol–water partition coefficient (Wildman–Crippen LogP) is 1.91. The van der Waals surface area contributed by atoms with Crippen LogP contribution in [-0.4, -0.2) is 22.8 Å². The number of nitrogens with zero attached hydrogens (tertiary/aromatic N) is 3. The number of guanidine groups is 1. The van der Waals surface area contributed by atoms with Gasteiger partial charge in [0.2, 0.25) is 0 Å². The third-order valence-corrected chi connectivity index (χ3v) is 4.17. The molecule has 0 radical (unpaired) electrons. The van der Waals surface area contributed by atoms with Crippen molar-refractivity contribution in [3.63, 3.8) is 0 Å². The van der Waals surface area contributed by atoms with E-state index in [0.717, 1.165) is 31.0 Å². The van der Waals surface area contributed by atoms with Crippen molar-refractivity contribution < 1.29 is 0 Å². The maximum absolute atomic E-state index is 4.22. The van der Waals surface area contributed by atoms with Crippen LogP contribution in [0.4, 0.5) is 0 Å². The summed E-state index contributed by atoms with van der Waals surface area (Å²) in [5.41, 5.74) is 1.14. The second-order valence-corrected chi connectivity index (χ2v) is 5.78. The Kier molecular flexibility index (Phi) is 5.17. The number of thiophene rings is 1. The predicted molar refractivity (Wildman–Crippen MR) is 83.9 cm³/mol. The van der Waals surface area contributed by atoms with Gasteiger partial charge in [0.25, 0.3) is 0 Å². The van der Waals surface area contributed by atoms with Gasteiger partial charge in [-0.25, -0.2) is 0 Å². The molecule has 0 saturated heterocycles. The standard InChI is InChI=1S/C14H21N5S/c1-4-12-5-6-13(20-12)9-17-14(15-2)16-7-11-8-18-19(3)10-11/h5-6,8,10H,4,7,9H2,1-3H3,(H2,15,16,17). The second-order valence-electron chi connectivity index (χ2n) is 4.52. The van der Waals surface area contributed by atoms with Crippen molar-refractivity contribution in [2.75, 3.05) is 7.05 Å². The van der Waals surface area contributed by atoms with Crippen LogP contribution < -0.4 is 10.6 Å². The molecule has 2 aromatic rings. The molecule has 0 aromatic carbocycles. The normalized spacial score (nSPS) is 11.7. The van der Waals surface area contributed by atoms with Gasteiger partial charge >= 0.3 is 0 Å². The van der Waals surface area contributed by atoms with E-state index in [1.54, 1.807) is 11.7 Å². The highest BCUT2D eigenvalue weighted by atomic mass is 32.1. The number of aromatic nitrogens is 2. The van der Waals surface area contributed by atoms with E-state index in [0.29, 0.717) is 0 Å². The molecule has 108 valence electrons. The summed E-state index contributed by atoms with van der Waals surface area (Å²) < 4.78 is 1.80. The molecule has 20 heavy (non-hydrogen) atoms. The molecular formula is C14H21N5S. The molecule has 2 N–H and O–H groups in total. The third-order valence-electron chi connectivity index (χ3n) is 2.94. The van der Waals surface area contributed by atoms with Crippen LogP contribution in [0.25, 0.3) is 0 Å². The molecule has 2 rings (SSSR count). The van der Waals surface area contributed by atoms with Crippen LogP contribution in [0.1, 0.15) is 22.2 Å². The minimum absolute atomic E-state index is 0.720. The van der Waals surface area contributed by atoms with Crippen molar-refractivity contribution in [2.24, 2.45) is 12.0 Å². The zero-order chi connectivity index (χ0) is 14.4. The van der Waals surface area contributed by atoms with Crippen molar-refractivity contribution >= 4 is 17.3 Å². The number of hydrogen-bond acceptors (Lipinski definition) is 3. The van der Waals surface area contributed by atoms with E-state index in [9.17, 15) is 0 Å². The molecular weight excluding hydrogens is 270 g/mol. The van der Waals surface area contributed by atoms with Gasteiger partial charge in [-0.15, -0.1) is 11.3 Å². The van der Waals surface area contributed by atoms with E-state index in [4.69, 9.17) is 0 Å². The molecule has 5 nitrogen and oxygen atoms in total. The number of aliphatic imine (C=N–C) groups is 1. The van der Waals surface area contributed by atoms with Crippen LogP contribution >= 0.6 is 11.3 Å². The van der Waals surface area contributed by atoms with Crippen molar-refractivity contribution in [3.05, 3.63) is 39.8 Å². The molecule has 0 amide bonds. The topological polar surface area (TPSA) is 54.2 Å². The van der Waals surface area contributed by atoms with Gasteiger partial charge in [-0.1, -0.05) is 6.92 Å². The molecule has 0 unspecified atom stereocenters. The van der Waals surface area contributed by atoms with Gasteiger partial charge in [-0.3, -0.25) is 9.67 Å². The first-order valence-corrected chi connectivity index (χ1v) is 7.52. The van der Waals surface area contributed by atoms with Crippen LogP contribution in [-0.2, 0) is 26.6 Å². The molecule has 6 heteroatoms. The summed E-state index contributed by atoms with van der Waals surface area (Å²) in [7, 11) is 3.70. The van der Waals surface area contributed by atoms with Crippen LogP contribution in [0.3, 0.4) is 0 Å². The molecule has 0 aliphatic heterocycles. The van der Waals surface area contributed by atoms with Crippen molar-refractivity contribution in [2.45, 2.75) is 26.4 Å². The largest absolute Gasteiger partial charge is 0.352 e. The van der Waals surface area contributed by atoms with Crippen LogP contribution in [0, 0.1) is 0 Å². The Morgan fingerprint density at radius 1 is 1.30 bits per heavy atom. The number of hydrogen-bond donors (Lipinski definition) is 2. The van der Waals surface area contributed by atoms with Gasteiger partial charge in [0.1, 0.15) is 0 Å². The summed E-state index contributed by atoms with van der Waals surface area (Å²) in [6.45, 7) is 3.70. The summed E-state index contributed by atoms with van der Waals surface area (Å²) in [5, 5.41) is 10.7. The fourth-order valence-electron chi connectivity index (χ4n) is 1.85. The Balaban J connectivity index is 1.80. The fraction of sp³-hybridized carbons (Fsp3) is 0.429. The quantitative estimate of drug-likeness (QED) is 0.653. The van der Waals surface area contributed by atoms with Crippen molar-refractivity contribution in [1.82, 2.24) is 20.4 Å². The van der Waals surface area contributed by atoms with Gasteiger partial charge in [-0.05, 0) is 18.6 Å². The Morgan fingerprint density at radius 3 is 2.65 bits per heavy atom. The van der Waals surface area contributed by atoms with Gasteiger partial charge in [0, 0.05) is 42.2 Å². The lowest BCUT2D eigenvalue weighted by Crippen LogP contribution is -2.36. The van der Waals surface area contributed by atoms with E-state index < -0.39 is 0 Å². The summed E-state index contributed by atoms with van der Waals surface area (Å²) >= 11 is 1.84. The van der Waals surface area contributed by atoms with Gasteiger partial charge in [0.05, 0.1) is 12.7 Å². The molecule has 0 bridgehead atoms. The summed E-state index contributed by atoms with van der Waals surface area (Å²) in [6, 6.07) is 4.36. The average molecular weight is 291 g/mol. The van der Waals surface area contributed by atoms with E-state index in [1.165, 1.54) is 9.75 Å². The van der Waals surface area contributed by atoms with Gasteiger partial charge in [-0.2, -0.15) is 5.10 Å². The van der Waals surface area contributed by atoms with Crippen molar-refractivity contribution in [3.8, 4) is 0 Å². The molecule has 0 saturated carbocycles. The Morgan fingerprint density at radius 2 is 2.05 bits per heavy atom. The molecule has 0 aliphatic carbocycles. The maximum atomic E-state index is 4.22. The Labute approximate surface area is 123 Å². The third kappa shape index (κ3) is 4.09. The van der Waals surface area contributed by atoms with E-state index in [2.05, 4.69) is 39.8 Å². The zero-order valence-corrected chi connectivity index (χ0v) is 13.0. The lowest BCUT2D eigenvalue weighted by molar-refractivity contribution is 0.765. The second kappa shape index (κ2) is 7.09. The van der Waals surface area contributed by atoms with Crippen LogP contribution in [0.15, 0.2) is 29.5 Å². The molecule has 0 fully saturated rings. The monoisotopic (exact) mass is 291 g/mol. The highest BCUT2D eigenvalue weighted by Crippen LogP contribution is 2.16. The van der Waals surface area contributed by atoms with Crippen LogP contribution in [0.5, 0.6) is 0 Å². The van der Waals surface area contributed by atoms with Crippen molar-refractivity contribution in [1.29, 1.82) is 0 Å². The first kappa shape index (κ1) is 14.6. The van der Waals surface area contributed by atoms with Gasteiger partial charge < -0.3 is 10.6 Å². The van der Waals surface area contributed by atoms with Gasteiger partial charge in [0.15, 0.2) is 5.96 Å². The summed E-state index contributed by atoms with van der Waals surface area (Å²) in [4.78, 5) is 6.97. The smallest absolute Gasteiger partial charge is 0.191 e. The lowest BCUT2D eigenvalue weighted by atomic mass is 10.3. The van der Waals surface area contributed by atoms with Crippen LogP contribution in [0.2, 0.25) is 0 Å². The molecule has 2 aromatic heterocycles. The fourth-order valence-corrected chi connectivity index (χ4v) is 2.75. The van der Waals surface area contributed by atoms with E-state index in [-0.39, 0.29) is 0 Å². The molecule has 0 atom stereocenters. The summed E-state index contributed by atoms with van der Waals surface area (Å²) in [5.74, 6) is 0.806. The lowest BCUT2D eigenvalue weighted by Gasteiger charge is -2.10. The maximum Gasteiger partial charge on any atom is 0.191 e. The number of nitrogens with one attached hydrogen (secondary N) is 2. The molecule has 2 heterocycles. The Bertz CT molecular complexity index is 570. The molecule has 0 spiro atoms. The number of rotatable bonds is 5. The average Bonchev–Trinajstić information content (AvgIpc) is 3.08. The minimum atomic E-state index is 0.720. The first-order chi connectivity index (χ1) is 9.71. The zero-order valence-electron chi connectivity index (χ0n) is 12.2. The van der Waals surface area contributed by atoms with E-state index in [1.807, 2.05) is 30.8 Å².